The number of nitrogens with zero attached hydrogens (tertiary/aromatic N) is 5. The van der Waals surface area contributed by atoms with Crippen molar-refractivity contribution in [3.05, 3.63) is 42.2 Å². The maximum absolute atomic E-state index is 12.9. The minimum atomic E-state index is -0.136. The summed E-state index contributed by atoms with van der Waals surface area (Å²) in [6, 6.07) is 5.16. The molecule has 4 heterocycles. The Morgan fingerprint density at radius 1 is 0.857 bits per heavy atom. The van der Waals surface area contributed by atoms with Crippen LogP contribution >= 0.6 is 0 Å². The lowest BCUT2D eigenvalue weighted by atomic mass is 10.2. The van der Waals surface area contributed by atoms with Crippen molar-refractivity contribution in [2.75, 3.05) is 44.2 Å². The van der Waals surface area contributed by atoms with Crippen molar-refractivity contribution in [2.24, 2.45) is 0 Å². The first-order valence-electron chi connectivity index (χ1n) is 9.91. The molecule has 0 unspecified atom stereocenters. The second-order valence-electron chi connectivity index (χ2n) is 7.22. The predicted molar refractivity (Wildman–Crippen MR) is 103 cm³/mol. The summed E-state index contributed by atoms with van der Waals surface area (Å²) in [6.07, 6.45) is 7.76. The molecule has 0 radical (unpaired) electrons. The number of rotatable bonds is 3. The minimum absolute atomic E-state index is 0.108. The van der Waals surface area contributed by atoms with Crippen LogP contribution in [0, 0.1) is 0 Å². The summed E-state index contributed by atoms with van der Waals surface area (Å²) in [5.74, 6) is 0.913. The smallest absolute Gasteiger partial charge is 0.289 e. The van der Waals surface area contributed by atoms with Gasteiger partial charge in [0.25, 0.3) is 11.8 Å². The van der Waals surface area contributed by atoms with Crippen LogP contribution in [-0.2, 0) is 0 Å². The van der Waals surface area contributed by atoms with Crippen LogP contribution in [0.4, 0.5) is 5.82 Å². The molecule has 2 aromatic rings. The fourth-order valence-electron chi connectivity index (χ4n) is 3.77. The van der Waals surface area contributed by atoms with Crippen molar-refractivity contribution in [1.82, 2.24) is 19.8 Å². The molecule has 2 aromatic heterocycles. The number of furan rings is 1. The second kappa shape index (κ2) is 8.41. The number of hydrogen-bond donors (Lipinski definition) is 0. The Labute approximate surface area is 164 Å². The molecule has 4 rings (SSSR count). The summed E-state index contributed by atoms with van der Waals surface area (Å²) in [5.41, 5.74) is 0.417. The third kappa shape index (κ3) is 4.00. The van der Waals surface area contributed by atoms with E-state index < -0.39 is 0 Å². The molecule has 8 nitrogen and oxygen atoms in total. The Bertz CT molecular complexity index is 807. The van der Waals surface area contributed by atoms with E-state index in [4.69, 9.17) is 4.42 Å². The molecule has 0 spiro atoms. The maximum atomic E-state index is 12.9. The highest BCUT2D eigenvalue weighted by molar-refractivity contribution is 5.94. The van der Waals surface area contributed by atoms with Gasteiger partial charge in [0.15, 0.2) is 5.76 Å². The molecule has 0 aliphatic carbocycles. The summed E-state index contributed by atoms with van der Waals surface area (Å²) in [4.78, 5) is 39.5. The molecule has 0 bridgehead atoms. The number of aromatic nitrogens is 2. The monoisotopic (exact) mass is 383 g/mol. The Morgan fingerprint density at radius 2 is 1.54 bits per heavy atom. The van der Waals surface area contributed by atoms with Gasteiger partial charge in [0.1, 0.15) is 17.8 Å². The number of anilines is 1. The van der Waals surface area contributed by atoms with Gasteiger partial charge in [-0.1, -0.05) is 12.8 Å². The average molecular weight is 383 g/mol. The van der Waals surface area contributed by atoms with Crippen LogP contribution in [0.15, 0.2) is 35.2 Å². The SMILES string of the molecule is O=C(c1cc(N2CCCCCC2)ncn1)N1CCN(C(=O)c2ccco2)CC1. The molecule has 2 fully saturated rings. The lowest BCUT2D eigenvalue weighted by Gasteiger charge is -2.34. The normalized spacial score (nSPS) is 18.1. The molecule has 0 atom stereocenters. The topological polar surface area (TPSA) is 82.8 Å². The molecule has 2 aliphatic heterocycles. The van der Waals surface area contributed by atoms with Gasteiger partial charge in [-0.2, -0.15) is 0 Å². The van der Waals surface area contributed by atoms with Gasteiger partial charge in [0.05, 0.1) is 6.26 Å². The average Bonchev–Trinajstić information content (AvgIpc) is 3.15. The van der Waals surface area contributed by atoms with Gasteiger partial charge >= 0.3 is 0 Å². The fraction of sp³-hybridized carbons (Fsp3) is 0.500. The largest absolute Gasteiger partial charge is 0.459 e. The molecule has 2 saturated heterocycles. The van der Waals surface area contributed by atoms with Crippen molar-refractivity contribution in [1.29, 1.82) is 0 Å². The molecular formula is C20H25N5O3. The van der Waals surface area contributed by atoms with Crippen LogP contribution < -0.4 is 4.90 Å². The standard InChI is InChI=1S/C20H25N5O3/c26-19(16-14-18(22-15-21-16)23-7-3-1-2-4-8-23)24-9-11-25(12-10-24)20(27)17-6-5-13-28-17/h5-6,13-15H,1-4,7-12H2. The molecule has 8 heteroatoms. The summed E-state index contributed by atoms with van der Waals surface area (Å²) < 4.78 is 5.18. The van der Waals surface area contributed by atoms with Gasteiger partial charge in [-0.3, -0.25) is 9.59 Å². The van der Waals surface area contributed by atoms with Gasteiger partial charge in [-0.15, -0.1) is 0 Å². The lowest BCUT2D eigenvalue weighted by molar-refractivity contribution is 0.0515. The molecule has 28 heavy (non-hydrogen) atoms. The van der Waals surface area contributed by atoms with Crippen molar-refractivity contribution >= 4 is 17.6 Å². The van der Waals surface area contributed by atoms with E-state index in [0.717, 1.165) is 31.7 Å². The van der Waals surface area contributed by atoms with E-state index in [2.05, 4.69) is 14.9 Å². The predicted octanol–water partition coefficient (Wildman–Crippen LogP) is 2.05. The van der Waals surface area contributed by atoms with E-state index in [0.29, 0.717) is 37.6 Å². The van der Waals surface area contributed by atoms with E-state index in [-0.39, 0.29) is 11.8 Å². The zero-order valence-electron chi connectivity index (χ0n) is 15.9. The minimum Gasteiger partial charge on any atom is -0.459 e. The van der Waals surface area contributed by atoms with Gasteiger partial charge < -0.3 is 19.1 Å². The first-order valence-corrected chi connectivity index (χ1v) is 9.91. The number of carbonyl (C=O) groups excluding carboxylic acids is 2. The lowest BCUT2D eigenvalue weighted by Crippen LogP contribution is -2.50. The van der Waals surface area contributed by atoms with Crippen LogP contribution in [0.2, 0.25) is 0 Å². The van der Waals surface area contributed by atoms with Crippen LogP contribution in [0.25, 0.3) is 0 Å². The maximum Gasteiger partial charge on any atom is 0.289 e. The van der Waals surface area contributed by atoms with E-state index in [1.807, 2.05) is 0 Å². The molecule has 0 saturated carbocycles. The number of carbonyl (C=O) groups is 2. The van der Waals surface area contributed by atoms with Gasteiger partial charge in [-0.25, -0.2) is 9.97 Å². The van der Waals surface area contributed by atoms with Crippen LogP contribution in [-0.4, -0.2) is 70.9 Å². The fourth-order valence-corrected chi connectivity index (χ4v) is 3.77. The molecular weight excluding hydrogens is 358 g/mol. The van der Waals surface area contributed by atoms with Gasteiger partial charge in [0.2, 0.25) is 0 Å². The van der Waals surface area contributed by atoms with Crippen LogP contribution in [0.5, 0.6) is 0 Å². The van der Waals surface area contributed by atoms with E-state index >= 15 is 0 Å². The quantitative estimate of drug-likeness (QED) is 0.807. The molecule has 2 amide bonds. The second-order valence-corrected chi connectivity index (χ2v) is 7.22. The summed E-state index contributed by atoms with van der Waals surface area (Å²) >= 11 is 0. The summed E-state index contributed by atoms with van der Waals surface area (Å²) in [5, 5.41) is 0. The Balaban J connectivity index is 1.38. The van der Waals surface area contributed by atoms with Crippen molar-refractivity contribution in [3.8, 4) is 0 Å². The van der Waals surface area contributed by atoms with E-state index in [1.54, 1.807) is 28.0 Å². The van der Waals surface area contributed by atoms with Crippen LogP contribution in [0.1, 0.15) is 46.7 Å². The number of piperazine rings is 1. The van der Waals surface area contributed by atoms with Gasteiger partial charge in [0, 0.05) is 45.3 Å². The Morgan fingerprint density at radius 3 is 2.18 bits per heavy atom. The van der Waals surface area contributed by atoms with Crippen molar-refractivity contribution in [3.63, 3.8) is 0 Å². The Hall–Kier alpha value is -2.90. The zero-order chi connectivity index (χ0) is 19.3. The Kier molecular flexibility index (Phi) is 5.55. The van der Waals surface area contributed by atoms with E-state index in [9.17, 15) is 9.59 Å². The van der Waals surface area contributed by atoms with Gasteiger partial charge in [-0.05, 0) is 25.0 Å². The zero-order valence-corrected chi connectivity index (χ0v) is 15.9. The van der Waals surface area contributed by atoms with Crippen molar-refractivity contribution in [2.45, 2.75) is 25.7 Å². The first-order chi connectivity index (χ1) is 13.7. The number of amides is 2. The molecule has 0 N–H and O–H groups in total. The highest BCUT2D eigenvalue weighted by Gasteiger charge is 2.27. The first kappa shape index (κ1) is 18.5. The third-order valence-electron chi connectivity index (χ3n) is 5.39. The van der Waals surface area contributed by atoms with E-state index in [1.165, 1.54) is 25.4 Å². The molecule has 2 aliphatic rings. The summed E-state index contributed by atoms with van der Waals surface area (Å²) in [6.45, 7) is 3.86. The molecule has 0 aromatic carbocycles. The highest BCUT2D eigenvalue weighted by Crippen LogP contribution is 2.18. The van der Waals surface area contributed by atoms with Crippen molar-refractivity contribution < 1.29 is 14.0 Å². The summed E-state index contributed by atoms with van der Waals surface area (Å²) in [7, 11) is 0. The molecule has 148 valence electrons. The number of hydrogen-bond acceptors (Lipinski definition) is 6. The van der Waals surface area contributed by atoms with Crippen LogP contribution in [0.3, 0.4) is 0 Å². The third-order valence-corrected chi connectivity index (χ3v) is 5.39. The highest BCUT2D eigenvalue weighted by atomic mass is 16.3.